The van der Waals surface area contributed by atoms with Crippen LogP contribution in [0.3, 0.4) is 0 Å². The van der Waals surface area contributed by atoms with Crippen molar-refractivity contribution < 1.29 is 9.59 Å². The number of amides is 2. The second-order valence-electron chi connectivity index (χ2n) is 8.68. The van der Waals surface area contributed by atoms with Crippen molar-refractivity contribution in [1.82, 2.24) is 19.6 Å². The Kier molecular flexibility index (Phi) is 6.55. The zero-order valence-corrected chi connectivity index (χ0v) is 19.7. The van der Waals surface area contributed by atoms with Crippen molar-refractivity contribution in [3.05, 3.63) is 65.6 Å². The van der Waals surface area contributed by atoms with Crippen LogP contribution in [-0.4, -0.2) is 44.9 Å². The topological polar surface area (TPSA) is 66.7 Å². The molecule has 1 atom stereocenters. The number of aromatic nitrogens is 2. The van der Waals surface area contributed by atoms with Crippen LogP contribution >= 0.6 is 11.8 Å². The average molecular weight is 451 g/mol. The third kappa shape index (κ3) is 4.83. The highest BCUT2D eigenvalue weighted by Gasteiger charge is 2.38. The molecule has 1 N–H and O–H groups in total. The van der Waals surface area contributed by atoms with Crippen LogP contribution in [0.2, 0.25) is 0 Å². The molecule has 2 amide bonds. The highest BCUT2D eigenvalue weighted by Crippen LogP contribution is 2.30. The first-order valence-corrected chi connectivity index (χ1v) is 12.2. The molecule has 0 unspecified atom stereocenters. The van der Waals surface area contributed by atoms with Crippen LogP contribution in [0.4, 0.5) is 0 Å². The van der Waals surface area contributed by atoms with E-state index in [-0.39, 0.29) is 17.4 Å². The second kappa shape index (κ2) is 9.36. The van der Waals surface area contributed by atoms with Gasteiger partial charge in [-0.05, 0) is 62.3 Å². The predicted octanol–water partition coefficient (Wildman–Crippen LogP) is 3.99. The van der Waals surface area contributed by atoms with Gasteiger partial charge in [-0.25, -0.2) is 4.98 Å². The van der Waals surface area contributed by atoms with Gasteiger partial charge >= 0.3 is 0 Å². The standard InChI is InChI=1S/C25H30N4O2S/c1-18-21(29-15-5-4-6-22(29)26-18)17-28(2)24(31)12-14-25(13-11-23(30)27-25)16-19-7-9-20(32-3)10-8-19/h4-10,15H,11-14,16-17H2,1-3H3,(H,27,30)/t25-/m1/s1. The Bertz CT molecular complexity index is 1120. The fourth-order valence-electron chi connectivity index (χ4n) is 4.52. The molecule has 4 rings (SSSR count). The lowest BCUT2D eigenvalue weighted by Gasteiger charge is -2.30. The van der Waals surface area contributed by atoms with Gasteiger partial charge in [0, 0.05) is 36.5 Å². The Labute approximate surface area is 193 Å². The van der Waals surface area contributed by atoms with Crippen LogP contribution in [0.25, 0.3) is 5.65 Å². The molecule has 3 aromatic rings. The number of hydrogen-bond acceptors (Lipinski definition) is 4. The fourth-order valence-corrected chi connectivity index (χ4v) is 4.93. The van der Waals surface area contributed by atoms with Crippen molar-refractivity contribution >= 4 is 29.2 Å². The molecule has 0 saturated carbocycles. The van der Waals surface area contributed by atoms with Crippen LogP contribution in [-0.2, 0) is 22.6 Å². The molecule has 1 saturated heterocycles. The zero-order chi connectivity index (χ0) is 22.7. The van der Waals surface area contributed by atoms with E-state index in [1.807, 2.05) is 42.8 Å². The third-order valence-electron chi connectivity index (χ3n) is 6.40. The molecule has 1 aromatic carbocycles. The van der Waals surface area contributed by atoms with Crippen LogP contribution in [0, 0.1) is 6.92 Å². The molecule has 32 heavy (non-hydrogen) atoms. The molecule has 7 heteroatoms. The number of aryl methyl sites for hydroxylation is 1. The van der Waals surface area contributed by atoms with E-state index in [0.29, 0.717) is 25.8 Å². The largest absolute Gasteiger partial charge is 0.350 e. The van der Waals surface area contributed by atoms with Gasteiger partial charge in [0.25, 0.3) is 0 Å². The van der Waals surface area contributed by atoms with Crippen LogP contribution in [0.5, 0.6) is 0 Å². The molecular formula is C25H30N4O2S. The molecule has 1 fully saturated rings. The van der Waals surface area contributed by atoms with E-state index in [1.165, 1.54) is 10.5 Å². The van der Waals surface area contributed by atoms with Crippen molar-refractivity contribution in [3.8, 4) is 0 Å². The number of fused-ring (bicyclic) bond motifs is 1. The molecule has 0 bridgehead atoms. The summed E-state index contributed by atoms with van der Waals surface area (Å²) in [5.41, 5.74) is 3.68. The van der Waals surface area contributed by atoms with Gasteiger partial charge in [-0.3, -0.25) is 9.59 Å². The number of carbonyl (C=O) groups is 2. The molecule has 1 aliphatic rings. The smallest absolute Gasteiger partial charge is 0.222 e. The molecule has 0 aliphatic carbocycles. The van der Waals surface area contributed by atoms with Crippen molar-refractivity contribution in [1.29, 1.82) is 0 Å². The van der Waals surface area contributed by atoms with Gasteiger partial charge in [0.2, 0.25) is 11.8 Å². The summed E-state index contributed by atoms with van der Waals surface area (Å²) in [7, 11) is 1.84. The maximum Gasteiger partial charge on any atom is 0.222 e. The van der Waals surface area contributed by atoms with Crippen LogP contribution in [0.15, 0.2) is 53.6 Å². The Balaban J connectivity index is 1.42. The van der Waals surface area contributed by atoms with E-state index in [0.717, 1.165) is 29.9 Å². The molecule has 0 spiro atoms. The quantitative estimate of drug-likeness (QED) is 0.527. The Morgan fingerprint density at radius 2 is 2.03 bits per heavy atom. The highest BCUT2D eigenvalue weighted by atomic mass is 32.2. The van der Waals surface area contributed by atoms with Gasteiger partial charge in [-0.15, -0.1) is 11.8 Å². The number of thioether (sulfide) groups is 1. The van der Waals surface area contributed by atoms with Gasteiger partial charge in [0.1, 0.15) is 5.65 Å². The first kappa shape index (κ1) is 22.4. The van der Waals surface area contributed by atoms with Crippen LogP contribution < -0.4 is 5.32 Å². The number of benzene rings is 1. The summed E-state index contributed by atoms with van der Waals surface area (Å²) in [6, 6.07) is 14.4. The SMILES string of the molecule is CSc1ccc(C[C@]2(CCC(=O)N(C)Cc3c(C)nc4ccccn34)CCC(=O)N2)cc1. The van der Waals surface area contributed by atoms with E-state index in [9.17, 15) is 9.59 Å². The van der Waals surface area contributed by atoms with Gasteiger partial charge in [-0.1, -0.05) is 18.2 Å². The zero-order valence-electron chi connectivity index (χ0n) is 18.9. The Hall–Kier alpha value is -2.80. The lowest BCUT2D eigenvalue weighted by molar-refractivity contribution is -0.131. The monoisotopic (exact) mass is 450 g/mol. The van der Waals surface area contributed by atoms with E-state index in [2.05, 4.69) is 40.8 Å². The summed E-state index contributed by atoms with van der Waals surface area (Å²) < 4.78 is 2.04. The Morgan fingerprint density at radius 3 is 2.72 bits per heavy atom. The molecular weight excluding hydrogens is 420 g/mol. The van der Waals surface area contributed by atoms with E-state index < -0.39 is 0 Å². The summed E-state index contributed by atoms with van der Waals surface area (Å²) >= 11 is 1.71. The summed E-state index contributed by atoms with van der Waals surface area (Å²) in [5.74, 6) is 0.154. The van der Waals surface area contributed by atoms with Gasteiger partial charge in [0.15, 0.2) is 0 Å². The highest BCUT2D eigenvalue weighted by molar-refractivity contribution is 7.98. The number of carbonyl (C=O) groups excluding carboxylic acids is 2. The van der Waals surface area contributed by atoms with Crippen molar-refractivity contribution in [2.75, 3.05) is 13.3 Å². The number of nitrogens with one attached hydrogen (secondary N) is 1. The minimum Gasteiger partial charge on any atom is -0.350 e. The number of nitrogens with zero attached hydrogens (tertiary/aromatic N) is 3. The molecule has 168 valence electrons. The van der Waals surface area contributed by atoms with E-state index in [1.54, 1.807) is 16.7 Å². The normalized spacial score (nSPS) is 18.2. The number of hydrogen-bond donors (Lipinski definition) is 1. The van der Waals surface area contributed by atoms with Crippen LogP contribution in [0.1, 0.15) is 42.6 Å². The third-order valence-corrected chi connectivity index (χ3v) is 7.14. The predicted molar refractivity (Wildman–Crippen MR) is 128 cm³/mol. The summed E-state index contributed by atoms with van der Waals surface area (Å²) in [4.78, 5) is 32.7. The molecule has 6 nitrogen and oxygen atoms in total. The molecule has 3 heterocycles. The average Bonchev–Trinajstić information content (AvgIpc) is 3.32. The summed E-state index contributed by atoms with van der Waals surface area (Å²) in [6.45, 7) is 2.48. The van der Waals surface area contributed by atoms with Gasteiger partial charge < -0.3 is 14.6 Å². The minimum absolute atomic E-state index is 0.0768. The van der Waals surface area contributed by atoms with Gasteiger partial charge in [-0.2, -0.15) is 0 Å². The number of rotatable bonds is 8. The Morgan fingerprint density at radius 1 is 1.25 bits per heavy atom. The van der Waals surface area contributed by atoms with Gasteiger partial charge in [0.05, 0.1) is 17.9 Å². The number of imidazole rings is 1. The van der Waals surface area contributed by atoms with Crippen molar-refractivity contribution in [3.63, 3.8) is 0 Å². The first-order valence-electron chi connectivity index (χ1n) is 11.0. The fraction of sp³-hybridized carbons (Fsp3) is 0.400. The van der Waals surface area contributed by atoms with Crippen molar-refractivity contribution in [2.24, 2.45) is 0 Å². The minimum atomic E-state index is -0.353. The lowest BCUT2D eigenvalue weighted by atomic mass is 9.85. The molecule has 2 aromatic heterocycles. The number of pyridine rings is 1. The van der Waals surface area contributed by atoms with E-state index >= 15 is 0 Å². The maximum atomic E-state index is 13.0. The molecule has 0 radical (unpaired) electrons. The molecule has 1 aliphatic heterocycles. The van der Waals surface area contributed by atoms with Crippen molar-refractivity contribution in [2.45, 2.75) is 56.0 Å². The second-order valence-corrected chi connectivity index (χ2v) is 9.56. The lowest BCUT2D eigenvalue weighted by Crippen LogP contribution is -2.44. The summed E-state index contributed by atoms with van der Waals surface area (Å²) in [6.07, 6.45) is 7.11. The summed E-state index contributed by atoms with van der Waals surface area (Å²) in [5, 5.41) is 3.19. The maximum absolute atomic E-state index is 13.0. The first-order chi connectivity index (χ1) is 15.4. The van der Waals surface area contributed by atoms with E-state index in [4.69, 9.17) is 0 Å².